The number of guanidine groups is 1. The molecule has 0 radical (unpaired) electrons. The third-order valence-corrected chi connectivity index (χ3v) is 3.75. The van der Waals surface area contributed by atoms with Crippen LogP contribution in [0.2, 0.25) is 0 Å². The Morgan fingerprint density at radius 1 is 1.25 bits per heavy atom. The van der Waals surface area contributed by atoms with Crippen molar-refractivity contribution < 1.29 is 4.52 Å². The average Bonchev–Trinajstić information content (AvgIpc) is 3.02. The highest BCUT2D eigenvalue weighted by Crippen LogP contribution is 2.04. The highest BCUT2D eigenvalue weighted by molar-refractivity contribution is 5.79. The molecule has 1 aromatic heterocycles. The van der Waals surface area contributed by atoms with Crippen LogP contribution in [0, 0.1) is 6.92 Å². The zero-order valence-electron chi connectivity index (χ0n) is 14.7. The Morgan fingerprint density at radius 2 is 2.04 bits per heavy atom. The number of nitrogens with zero attached hydrogens (tertiary/aromatic N) is 3. The topological polar surface area (TPSA) is 75.3 Å². The fourth-order valence-corrected chi connectivity index (χ4v) is 2.42. The molecular weight excluding hydrogens is 302 g/mol. The number of nitrogens with one attached hydrogen (secondary N) is 2. The fourth-order valence-electron chi connectivity index (χ4n) is 2.42. The highest BCUT2D eigenvalue weighted by atomic mass is 16.5. The minimum atomic E-state index is 0.356. The summed E-state index contributed by atoms with van der Waals surface area (Å²) in [5.74, 6) is 2.20. The quantitative estimate of drug-likeness (QED) is 0.442. The van der Waals surface area contributed by atoms with Gasteiger partial charge in [-0.25, -0.2) is 0 Å². The first kappa shape index (κ1) is 18.0. The van der Waals surface area contributed by atoms with Crippen LogP contribution in [0.25, 0.3) is 0 Å². The van der Waals surface area contributed by atoms with Crippen LogP contribution in [0.1, 0.15) is 37.0 Å². The summed E-state index contributed by atoms with van der Waals surface area (Å²) in [5, 5.41) is 10.5. The van der Waals surface area contributed by atoms with Gasteiger partial charge in [0.1, 0.15) is 0 Å². The summed E-state index contributed by atoms with van der Waals surface area (Å²) < 4.78 is 5.10. The smallest absolute Gasteiger partial charge is 0.226 e. The van der Waals surface area contributed by atoms with E-state index in [4.69, 9.17) is 4.52 Å². The maximum absolute atomic E-state index is 5.10. The molecule has 0 aliphatic carbocycles. The largest absolute Gasteiger partial charge is 0.356 e. The monoisotopic (exact) mass is 329 g/mol. The van der Waals surface area contributed by atoms with Gasteiger partial charge < -0.3 is 15.2 Å². The van der Waals surface area contributed by atoms with Gasteiger partial charge in [-0.2, -0.15) is 4.98 Å². The van der Waals surface area contributed by atoms with Crippen LogP contribution < -0.4 is 10.6 Å². The molecule has 24 heavy (non-hydrogen) atoms. The Kier molecular flexibility index (Phi) is 7.26. The molecule has 0 aliphatic heterocycles. The molecule has 2 N–H and O–H groups in total. The van der Waals surface area contributed by atoms with Gasteiger partial charge in [0.2, 0.25) is 5.89 Å². The van der Waals surface area contributed by atoms with E-state index >= 15 is 0 Å². The van der Waals surface area contributed by atoms with Gasteiger partial charge in [0, 0.05) is 26.1 Å². The number of hydrogen-bond donors (Lipinski definition) is 2. The van der Waals surface area contributed by atoms with Crippen LogP contribution in [-0.2, 0) is 12.8 Å². The van der Waals surface area contributed by atoms with Crippen LogP contribution in [-0.4, -0.2) is 35.7 Å². The zero-order valence-corrected chi connectivity index (χ0v) is 14.7. The van der Waals surface area contributed by atoms with Gasteiger partial charge in [0.15, 0.2) is 11.8 Å². The third kappa shape index (κ3) is 6.40. The van der Waals surface area contributed by atoms with Crippen LogP contribution in [0.5, 0.6) is 0 Å². The Balaban J connectivity index is 1.64. The molecule has 1 unspecified atom stereocenters. The molecule has 0 fully saturated rings. The molecule has 130 valence electrons. The molecule has 0 amide bonds. The molecular formula is C18H27N5O. The fraction of sp³-hybridized carbons (Fsp3) is 0.500. The van der Waals surface area contributed by atoms with Crippen molar-refractivity contribution in [3.63, 3.8) is 0 Å². The van der Waals surface area contributed by atoms with Crippen molar-refractivity contribution >= 4 is 5.96 Å². The summed E-state index contributed by atoms with van der Waals surface area (Å²) in [6, 6.07) is 10.9. The number of hydrogen-bond acceptors (Lipinski definition) is 4. The van der Waals surface area contributed by atoms with Crippen molar-refractivity contribution in [3.05, 3.63) is 47.6 Å². The molecule has 0 bridgehead atoms. The maximum Gasteiger partial charge on any atom is 0.226 e. The molecule has 0 saturated carbocycles. The first-order valence-corrected chi connectivity index (χ1v) is 8.47. The molecule has 1 heterocycles. The lowest BCUT2D eigenvalue weighted by Gasteiger charge is -2.17. The van der Waals surface area contributed by atoms with Crippen molar-refractivity contribution in [2.75, 3.05) is 13.6 Å². The van der Waals surface area contributed by atoms with Crippen LogP contribution in [0.4, 0.5) is 0 Å². The van der Waals surface area contributed by atoms with Gasteiger partial charge in [0.05, 0.1) is 0 Å². The molecule has 1 atom stereocenters. The summed E-state index contributed by atoms with van der Waals surface area (Å²) >= 11 is 0. The predicted molar refractivity (Wildman–Crippen MR) is 96.1 cm³/mol. The molecule has 2 rings (SSSR count). The molecule has 6 heteroatoms. The second-order valence-corrected chi connectivity index (χ2v) is 5.91. The minimum Gasteiger partial charge on any atom is -0.356 e. The molecule has 2 aromatic rings. The van der Waals surface area contributed by atoms with E-state index in [2.05, 4.69) is 57.0 Å². The lowest BCUT2D eigenvalue weighted by molar-refractivity contribution is 0.372. The second-order valence-electron chi connectivity index (χ2n) is 5.91. The summed E-state index contributed by atoms with van der Waals surface area (Å²) in [6.45, 7) is 4.82. The SMILES string of the molecule is CN=C(NCCCc1nc(C)no1)NC(C)CCc1ccccc1. The zero-order chi connectivity index (χ0) is 17.2. The normalized spacial score (nSPS) is 12.9. The summed E-state index contributed by atoms with van der Waals surface area (Å²) in [4.78, 5) is 8.47. The van der Waals surface area contributed by atoms with Crippen molar-refractivity contribution in [2.45, 2.75) is 45.6 Å². The molecule has 6 nitrogen and oxygen atoms in total. The summed E-state index contributed by atoms with van der Waals surface area (Å²) in [7, 11) is 1.79. The number of rotatable bonds is 8. The van der Waals surface area contributed by atoms with E-state index < -0.39 is 0 Å². The van der Waals surface area contributed by atoms with E-state index in [-0.39, 0.29) is 0 Å². The van der Waals surface area contributed by atoms with Gasteiger partial charge in [-0.3, -0.25) is 4.99 Å². The van der Waals surface area contributed by atoms with Crippen LogP contribution in [0.15, 0.2) is 39.8 Å². The van der Waals surface area contributed by atoms with Crippen LogP contribution in [0.3, 0.4) is 0 Å². The summed E-state index contributed by atoms with van der Waals surface area (Å²) in [5.41, 5.74) is 1.36. The molecule has 0 saturated heterocycles. The van der Waals surface area contributed by atoms with E-state index in [0.29, 0.717) is 17.8 Å². The first-order valence-electron chi connectivity index (χ1n) is 8.47. The summed E-state index contributed by atoms with van der Waals surface area (Å²) in [6.07, 6.45) is 3.81. The van der Waals surface area contributed by atoms with E-state index in [1.54, 1.807) is 7.05 Å². The number of aryl methyl sites for hydroxylation is 3. The number of benzene rings is 1. The van der Waals surface area contributed by atoms with Crippen LogP contribution >= 0.6 is 0 Å². The number of aliphatic imine (C=N–C) groups is 1. The lowest BCUT2D eigenvalue weighted by atomic mass is 10.1. The Hall–Kier alpha value is -2.37. The van der Waals surface area contributed by atoms with Crippen molar-refractivity contribution in [1.82, 2.24) is 20.8 Å². The predicted octanol–water partition coefficient (Wildman–Crippen LogP) is 2.50. The van der Waals surface area contributed by atoms with Crippen molar-refractivity contribution in [1.29, 1.82) is 0 Å². The van der Waals surface area contributed by atoms with Gasteiger partial charge >= 0.3 is 0 Å². The molecule has 1 aromatic carbocycles. The van der Waals surface area contributed by atoms with E-state index in [1.165, 1.54) is 5.56 Å². The van der Waals surface area contributed by atoms with Crippen molar-refractivity contribution in [2.24, 2.45) is 4.99 Å². The van der Waals surface area contributed by atoms with E-state index in [0.717, 1.165) is 38.2 Å². The highest BCUT2D eigenvalue weighted by Gasteiger charge is 2.06. The van der Waals surface area contributed by atoms with Gasteiger partial charge in [-0.1, -0.05) is 35.5 Å². The van der Waals surface area contributed by atoms with E-state index in [9.17, 15) is 0 Å². The second kappa shape index (κ2) is 9.70. The average molecular weight is 329 g/mol. The standard InChI is InChI=1S/C18H27N5O/c1-14(11-12-16-8-5-4-6-9-16)21-18(19-3)20-13-7-10-17-22-15(2)23-24-17/h4-6,8-9,14H,7,10-13H2,1-3H3,(H2,19,20,21). The van der Waals surface area contributed by atoms with Crippen molar-refractivity contribution in [3.8, 4) is 0 Å². The van der Waals surface area contributed by atoms with E-state index in [1.807, 2.05) is 13.0 Å². The molecule has 0 spiro atoms. The Labute approximate surface area is 143 Å². The Morgan fingerprint density at radius 3 is 2.71 bits per heavy atom. The third-order valence-electron chi connectivity index (χ3n) is 3.75. The first-order chi connectivity index (χ1) is 11.7. The van der Waals surface area contributed by atoms with Gasteiger partial charge in [-0.15, -0.1) is 0 Å². The van der Waals surface area contributed by atoms with Gasteiger partial charge in [0.25, 0.3) is 0 Å². The molecule has 0 aliphatic rings. The van der Waals surface area contributed by atoms with Gasteiger partial charge in [-0.05, 0) is 38.7 Å². The number of aromatic nitrogens is 2. The Bertz CT molecular complexity index is 623. The maximum atomic E-state index is 5.10. The minimum absolute atomic E-state index is 0.356. The lowest BCUT2D eigenvalue weighted by Crippen LogP contribution is -2.42.